The topological polar surface area (TPSA) is 61.2 Å². The summed E-state index contributed by atoms with van der Waals surface area (Å²) >= 11 is 0. The summed E-state index contributed by atoms with van der Waals surface area (Å²) in [6.45, 7) is 6.58. The Bertz CT molecular complexity index is 973. The zero-order chi connectivity index (χ0) is 16.6. The maximum atomic E-state index is 12.8. The molecule has 2 heterocycles. The Labute approximate surface area is 133 Å². The summed E-state index contributed by atoms with van der Waals surface area (Å²) in [4.78, 5) is 29.0. The third kappa shape index (κ3) is 2.38. The molecule has 0 radical (unpaired) electrons. The number of fused-ring (bicyclic) bond motifs is 2. The second-order valence-electron chi connectivity index (χ2n) is 5.37. The van der Waals surface area contributed by atoms with E-state index in [1.54, 1.807) is 25.5 Å². The van der Waals surface area contributed by atoms with Crippen LogP contribution in [0.5, 0.6) is 0 Å². The van der Waals surface area contributed by atoms with E-state index in [1.807, 2.05) is 30.5 Å². The van der Waals surface area contributed by atoms with E-state index in [1.165, 1.54) is 0 Å². The predicted molar refractivity (Wildman–Crippen MR) is 89.9 cm³/mol. The minimum absolute atomic E-state index is 0.0730. The van der Waals surface area contributed by atoms with Crippen molar-refractivity contribution in [3.8, 4) is 0 Å². The molecule has 0 aliphatic heterocycles. The molecule has 0 aliphatic carbocycles. The van der Waals surface area contributed by atoms with Gasteiger partial charge in [0.1, 0.15) is 5.56 Å². The molecule has 0 N–H and O–H groups in total. The number of pyridine rings is 2. The molecule has 0 atom stereocenters. The molecule has 0 saturated heterocycles. The number of esters is 1. The summed E-state index contributed by atoms with van der Waals surface area (Å²) in [5.74, 6) is -0.578. The van der Waals surface area contributed by atoms with Gasteiger partial charge < -0.3 is 9.30 Å². The number of carbonyl (C=O) groups excluding carboxylic acids is 1. The highest BCUT2D eigenvalue weighted by atomic mass is 16.5. The number of benzene rings is 1. The number of aromatic nitrogens is 2. The Morgan fingerprint density at radius 1 is 1.30 bits per heavy atom. The first-order valence-corrected chi connectivity index (χ1v) is 7.66. The van der Waals surface area contributed by atoms with Gasteiger partial charge in [-0.2, -0.15) is 0 Å². The van der Waals surface area contributed by atoms with Crippen molar-refractivity contribution in [1.82, 2.24) is 9.55 Å². The van der Waals surface area contributed by atoms with Crippen LogP contribution in [0.3, 0.4) is 0 Å². The highest BCUT2D eigenvalue weighted by Crippen LogP contribution is 2.26. The minimum Gasteiger partial charge on any atom is -0.462 e. The molecule has 23 heavy (non-hydrogen) atoms. The molecule has 0 unspecified atom stereocenters. The maximum Gasteiger partial charge on any atom is 0.343 e. The average molecular weight is 310 g/mol. The first-order valence-electron chi connectivity index (χ1n) is 7.66. The highest BCUT2D eigenvalue weighted by molar-refractivity contribution is 6.02. The van der Waals surface area contributed by atoms with Gasteiger partial charge >= 0.3 is 5.97 Å². The first-order chi connectivity index (χ1) is 11.1. The fourth-order valence-electron chi connectivity index (χ4n) is 2.99. The van der Waals surface area contributed by atoms with E-state index in [0.717, 1.165) is 21.9 Å². The molecule has 118 valence electrons. The number of hydrogen-bond donors (Lipinski definition) is 0. The molecule has 2 aromatic heterocycles. The number of aryl methyl sites for hydroxylation is 2. The molecule has 5 nitrogen and oxygen atoms in total. The molecule has 0 amide bonds. The summed E-state index contributed by atoms with van der Waals surface area (Å²) in [6, 6.07) is 3.75. The number of ether oxygens (including phenoxy) is 1. The van der Waals surface area contributed by atoms with E-state index >= 15 is 0 Å². The number of carbonyl (C=O) groups is 1. The Morgan fingerprint density at radius 2 is 2.09 bits per heavy atom. The monoisotopic (exact) mass is 310 g/mol. The van der Waals surface area contributed by atoms with Crippen molar-refractivity contribution < 1.29 is 9.53 Å². The van der Waals surface area contributed by atoms with Gasteiger partial charge in [0.2, 0.25) is 5.43 Å². The van der Waals surface area contributed by atoms with E-state index in [-0.39, 0.29) is 17.6 Å². The van der Waals surface area contributed by atoms with Crippen LogP contribution in [0.2, 0.25) is 0 Å². The Balaban J connectivity index is 2.46. The van der Waals surface area contributed by atoms with Gasteiger partial charge in [-0.1, -0.05) is 0 Å². The van der Waals surface area contributed by atoms with Crippen LogP contribution < -0.4 is 5.43 Å². The Hall–Kier alpha value is -2.69. The van der Waals surface area contributed by atoms with Gasteiger partial charge in [0, 0.05) is 35.9 Å². The molecule has 3 rings (SSSR count). The first kappa shape index (κ1) is 15.2. The van der Waals surface area contributed by atoms with Crippen molar-refractivity contribution in [1.29, 1.82) is 0 Å². The fourth-order valence-corrected chi connectivity index (χ4v) is 2.99. The lowest BCUT2D eigenvalue weighted by atomic mass is 10.0. The van der Waals surface area contributed by atoms with Crippen molar-refractivity contribution in [2.75, 3.05) is 6.61 Å². The van der Waals surface area contributed by atoms with Crippen LogP contribution >= 0.6 is 0 Å². The maximum absolute atomic E-state index is 12.8. The van der Waals surface area contributed by atoms with E-state index in [2.05, 4.69) is 4.98 Å². The van der Waals surface area contributed by atoms with Crippen LogP contribution in [-0.4, -0.2) is 22.1 Å². The molecular formula is C18H18N2O3. The smallest absolute Gasteiger partial charge is 0.343 e. The summed E-state index contributed by atoms with van der Waals surface area (Å²) < 4.78 is 6.94. The van der Waals surface area contributed by atoms with Crippen molar-refractivity contribution in [3.63, 3.8) is 0 Å². The molecular weight excluding hydrogens is 292 g/mol. The van der Waals surface area contributed by atoms with Crippen LogP contribution in [0.1, 0.15) is 29.8 Å². The van der Waals surface area contributed by atoms with Crippen molar-refractivity contribution in [2.45, 2.75) is 27.3 Å². The average Bonchev–Trinajstić information content (AvgIpc) is 2.56. The normalized spacial score (nSPS) is 11.1. The quantitative estimate of drug-likeness (QED) is 0.551. The Kier molecular flexibility index (Phi) is 3.86. The van der Waals surface area contributed by atoms with Gasteiger partial charge in [0.25, 0.3) is 0 Å². The van der Waals surface area contributed by atoms with Gasteiger partial charge in [-0.3, -0.25) is 9.78 Å². The molecule has 0 aliphatic rings. The zero-order valence-electron chi connectivity index (χ0n) is 13.4. The molecule has 3 aromatic rings. The van der Waals surface area contributed by atoms with Gasteiger partial charge in [-0.25, -0.2) is 4.79 Å². The lowest BCUT2D eigenvalue weighted by Gasteiger charge is -2.15. The molecule has 5 heteroatoms. The molecule has 0 fully saturated rings. The summed E-state index contributed by atoms with van der Waals surface area (Å²) in [5.41, 5.74) is 1.64. The van der Waals surface area contributed by atoms with Gasteiger partial charge in [-0.15, -0.1) is 0 Å². The second-order valence-corrected chi connectivity index (χ2v) is 5.37. The molecule has 0 saturated carbocycles. The largest absolute Gasteiger partial charge is 0.462 e. The lowest BCUT2D eigenvalue weighted by Crippen LogP contribution is -2.21. The SMILES string of the molecule is CCOC(=O)c1cn(CC)c2c(C)c3ccncc3cc2c1=O. The predicted octanol–water partition coefficient (Wildman–Crippen LogP) is 3.05. The van der Waals surface area contributed by atoms with Crippen LogP contribution in [0, 0.1) is 6.92 Å². The van der Waals surface area contributed by atoms with E-state index in [9.17, 15) is 9.59 Å². The highest BCUT2D eigenvalue weighted by Gasteiger charge is 2.18. The van der Waals surface area contributed by atoms with Gasteiger partial charge in [0.05, 0.1) is 12.1 Å². The van der Waals surface area contributed by atoms with Crippen LogP contribution in [0.25, 0.3) is 21.7 Å². The molecule has 0 bridgehead atoms. The van der Waals surface area contributed by atoms with Crippen molar-refractivity contribution >= 4 is 27.6 Å². The lowest BCUT2D eigenvalue weighted by molar-refractivity contribution is 0.0524. The zero-order valence-corrected chi connectivity index (χ0v) is 13.4. The minimum atomic E-state index is -0.578. The summed E-state index contributed by atoms with van der Waals surface area (Å²) in [5, 5.41) is 2.46. The van der Waals surface area contributed by atoms with Crippen molar-refractivity contribution in [3.05, 3.63) is 52.1 Å². The Morgan fingerprint density at radius 3 is 2.78 bits per heavy atom. The molecule has 1 aromatic carbocycles. The van der Waals surface area contributed by atoms with Crippen molar-refractivity contribution in [2.24, 2.45) is 0 Å². The number of rotatable bonds is 3. The van der Waals surface area contributed by atoms with Crippen LogP contribution in [-0.2, 0) is 11.3 Å². The van der Waals surface area contributed by atoms with Gasteiger partial charge in [-0.05, 0) is 43.9 Å². The van der Waals surface area contributed by atoms with E-state index in [0.29, 0.717) is 11.9 Å². The molecule has 0 spiro atoms. The van der Waals surface area contributed by atoms with Crippen LogP contribution in [0.15, 0.2) is 35.5 Å². The summed E-state index contributed by atoms with van der Waals surface area (Å²) in [6.07, 6.45) is 5.07. The van der Waals surface area contributed by atoms with Gasteiger partial charge in [0.15, 0.2) is 0 Å². The standard InChI is InChI=1S/C18H18N2O3/c1-4-20-10-15(18(22)23-5-2)17(21)14-8-12-9-19-7-6-13(12)11(3)16(14)20/h6-10H,4-5H2,1-3H3. The summed E-state index contributed by atoms with van der Waals surface area (Å²) in [7, 11) is 0. The van der Waals surface area contributed by atoms with E-state index < -0.39 is 5.97 Å². The van der Waals surface area contributed by atoms with Crippen LogP contribution in [0.4, 0.5) is 0 Å². The number of nitrogens with zero attached hydrogens (tertiary/aromatic N) is 2. The number of hydrogen-bond acceptors (Lipinski definition) is 4. The fraction of sp³-hybridized carbons (Fsp3) is 0.278. The second kappa shape index (κ2) is 5.83. The van der Waals surface area contributed by atoms with E-state index in [4.69, 9.17) is 4.74 Å². The third-order valence-electron chi connectivity index (χ3n) is 4.06. The third-order valence-corrected chi connectivity index (χ3v) is 4.06.